The van der Waals surface area contributed by atoms with Crippen molar-refractivity contribution in [3.8, 4) is 11.5 Å². The summed E-state index contributed by atoms with van der Waals surface area (Å²) in [6.45, 7) is 0.442. The van der Waals surface area contributed by atoms with Gasteiger partial charge in [0.1, 0.15) is 36.6 Å². The molecule has 0 aliphatic carbocycles. The molecule has 1 unspecified atom stereocenters. The molecule has 178 valence electrons. The summed E-state index contributed by atoms with van der Waals surface area (Å²) in [5.41, 5.74) is 0.806. The second-order valence-corrected chi connectivity index (χ2v) is 7.87. The Kier molecular flexibility index (Phi) is 7.57. The summed E-state index contributed by atoms with van der Waals surface area (Å²) in [5, 5.41) is 13.9. The van der Waals surface area contributed by atoms with Gasteiger partial charge in [0.05, 0.1) is 5.56 Å². The second-order valence-electron chi connectivity index (χ2n) is 7.87. The molecular formula is C28H24FNO5. The predicted molar refractivity (Wildman–Crippen MR) is 130 cm³/mol. The van der Waals surface area contributed by atoms with Gasteiger partial charge in [0.25, 0.3) is 5.91 Å². The monoisotopic (exact) mass is 473 g/mol. The molecule has 0 spiro atoms. The molecule has 7 heteroatoms. The summed E-state index contributed by atoms with van der Waals surface area (Å²) < 4.78 is 24.9. The van der Waals surface area contributed by atoms with E-state index in [1.54, 1.807) is 12.1 Å². The fourth-order valence-corrected chi connectivity index (χ4v) is 3.69. The molecule has 0 bridgehead atoms. The lowest BCUT2D eigenvalue weighted by molar-refractivity contribution is -0.139. The van der Waals surface area contributed by atoms with E-state index in [0.29, 0.717) is 17.1 Å². The van der Waals surface area contributed by atoms with Gasteiger partial charge in [-0.1, -0.05) is 60.7 Å². The summed E-state index contributed by atoms with van der Waals surface area (Å²) in [7, 11) is 0. The quantitative estimate of drug-likeness (QED) is 0.321. The highest BCUT2D eigenvalue weighted by atomic mass is 19.1. The zero-order valence-electron chi connectivity index (χ0n) is 18.8. The van der Waals surface area contributed by atoms with Crippen LogP contribution in [0.4, 0.5) is 4.39 Å². The molecule has 6 nitrogen and oxygen atoms in total. The SMILES string of the molecule is O=C(NC(Cc1ccc(F)cc1)C(=O)O)c1ccc2ccccc2c1OCCOc1ccccc1. The molecule has 0 radical (unpaired) electrons. The Morgan fingerprint density at radius 2 is 1.51 bits per heavy atom. The van der Waals surface area contributed by atoms with Crippen molar-refractivity contribution in [2.45, 2.75) is 12.5 Å². The maximum absolute atomic E-state index is 13.2. The summed E-state index contributed by atoms with van der Waals surface area (Å²) >= 11 is 0. The number of nitrogens with one attached hydrogen (secondary N) is 1. The molecule has 4 aromatic carbocycles. The zero-order valence-corrected chi connectivity index (χ0v) is 18.8. The molecule has 2 N–H and O–H groups in total. The van der Waals surface area contributed by atoms with Gasteiger partial charge >= 0.3 is 5.97 Å². The third-order valence-corrected chi connectivity index (χ3v) is 5.42. The first-order valence-corrected chi connectivity index (χ1v) is 11.1. The minimum atomic E-state index is -1.20. The smallest absolute Gasteiger partial charge is 0.326 e. The number of carbonyl (C=O) groups is 2. The first kappa shape index (κ1) is 23.8. The Balaban J connectivity index is 1.52. The number of ether oxygens (including phenoxy) is 2. The minimum Gasteiger partial charge on any atom is -0.490 e. The number of aliphatic carboxylic acids is 1. The molecular weight excluding hydrogens is 449 g/mol. The van der Waals surface area contributed by atoms with Gasteiger partial charge in [0, 0.05) is 11.8 Å². The van der Waals surface area contributed by atoms with Crippen LogP contribution in [0.25, 0.3) is 10.8 Å². The van der Waals surface area contributed by atoms with Crippen molar-refractivity contribution in [1.82, 2.24) is 5.32 Å². The summed E-state index contributed by atoms with van der Waals surface area (Å²) in [5.74, 6) is -1.13. The van der Waals surface area contributed by atoms with E-state index < -0.39 is 23.7 Å². The van der Waals surface area contributed by atoms with Crippen LogP contribution in [0, 0.1) is 5.82 Å². The van der Waals surface area contributed by atoms with E-state index in [0.717, 1.165) is 10.8 Å². The van der Waals surface area contributed by atoms with Gasteiger partial charge in [-0.05, 0) is 41.3 Å². The largest absolute Gasteiger partial charge is 0.490 e. The molecule has 0 saturated heterocycles. The number of hydrogen-bond acceptors (Lipinski definition) is 4. The minimum absolute atomic E-state index is 0.00996. The lowest BCUT2D eigenvalue weighted by Gasteiger charge is -2.18. The van der Waals surface area contributed by atoms with E-state index in [-0.39, 0.29) is 25.2 Å². The van der Waals surface area contributed by atoms with Gasteiger partial charge in [-0.15, -0.1) is 0 Å². The number of carbonyl (C=O) groups excluding carboxylic acids is 1. The van der Waals surface area contributed by atoms with Crippen LogP contribution in [0.1, 0.15) is 15.9 Å². The molecule has 4 aromatic rings. The second kappa shape index (κ2) is 11.2. The summed E-state index contributed by atoms with van der Waals surface area (Å²) in [6, 6.07) is 24.5. The van der Waals surface area contributed by atoms with Gasteiger partial charge < -0.3 is 19.9 Å². The van der Waals surface area contributed by atoms with E-state index in [1.165, 1.54) is 24.3 Å². The predicted octanol–water partition coefficient (Wildman–Crippen LogP) is 4.86. The van der Waals surface area contributed by atoms with Crippen LogP contribution >= 0.6 is 0 Å². The van der Waals surface area contributed by atoms with Gasteiger partial charge in [0.2, 0.25) is 0 Å². The maximum Gasteiger partial charge on any atom is 0.326 e. The van der Waals surface area contributed by atoms with Crippen LogP contribution in [-0.4, -0.2) is 36.2 Å². The Hall–Kier alpha value is -4.39. The van der Waals surface area contributed by atoms with Gasteiger partial charge in [-0.3, -0.25) is 4.79 Å². The Morgan fingerprint density at radius 3 is 2.26 bits per heavy atom. The highest BCUT2D eigenvalue weighted by molar-refractivity contribution is 6.04. The van der Waals surface area contributed by atoms with Crippen molar-refractivity contribution in [1.29, 1.82) is 0 Å². The highest BCUT2D eigenvalue weighted by Crippen LogP contribution is 2.30. The molecule has 0 aliphatic heterocycles. The van der Waals surface area contributed by atoms with Gasteiger partial charge in [-0.2, -0.15) is 0 Å². The Labute approximate surface area is 201 Å². The summed E-state index contributed by atoms with van der Waals surface area (Å²) in [4.78, 5) is 25.0. The van der Waals surface area contributed by atoms with E-state index in [2.05, 4.69) is 5.32 Å². The molecule has 0 heterocycles. The van der Waals surface area contributed by atoms with Crippen molar-refractivity contribution in [3.05, 3.63) is 108 Å². The third-order valence-electron chi connectivity index (χ3n) is 5.42. The van der Waals surface area contributed by atoms with Crippen molar-refractivity contribution in [3.63, 3.8) is 0 Å². The number of para-hydroxylation sites is 1. The number of benzene rings is 4. The number of halogens is 1. The van der Waals surface area contributed by atoms with Crippen LogP contribution in [0.2, 0.25) is 0 Å². The van der Waals surface area contributed by atoms with Crippen LogP contribution in [0.3, 0.4) is 0 Å². The first-order chi connectivity index (χ1) is 17.0. The van der Waals surface area contributed by atoms with E-state index in [9.17, 15) is 19.1 Å². The molecule has 35 heavy (non-hydrogen) atoms. The lowest BCUT2D eigenvalue weighted by atomic mass is 10.0. The molecule has 4 rings (SSSR count). The number of amides is 1. The average molecular weight is 474 g/mol. The Bertz CT molecular complexity index is 1310. The number of carboxylic acid groups (broad SMARTS) is 1. The van der Waals surface area contributed by atoms with Crippen molar-refractivity contribution >= 4 is 22.6 Å². The van der Waals surface area contributed by atoms with E-state index in [1.807, 2.05) is 54.6 Å². The number of rotatable bonds is 10. The molecule has 0 saturated carbocycles. The fraction of sp³-hybridized carbons (Fsp3) is 0.143. The van der Waals surface area contributed by atoms with Crippen LogP contribution in [0.15, 0.2) is 91.0 Å². The van der Waals surface area contributed by atoms with Crippen LogP contribution in [0.5, 0.6) is 11.5 Å². The Morgan fingerprint density at radius 1 is 0.829 bits per heavy atom. The van der Waals surface area contributed by atoms with Crippen molar-refractivity contribution in [2.24, 2.45) is 0 Å². The number of carboxylic acids is 1. The zero-order chi connectivity index (χ0) is 24.6. The number of hydrogen-bond donors (Lipinski definition) is 2. The average Bonchev–Trinajstić information content (AvgIpc) is 2.87. The first-order valence-electron chi connectivity index (χ1n) is 11.1. The molecule has 0 fully saturated rings. The maximum atomic E-state index is 13.2. The molecule has 1 atom stereocenters. The molecule has 1 amide bonds. The van der Waals surface area contributed by atoms with E-state index >= 15 is 0 Å². The molecule has 0 aliphatic rings. The lowest BCUT2D eigenvalue weighted by Crippen LogP contribution is -2.42. The van der Waals surface area contributed by atoms with E-state index in [4.69, 9.17) is 9.47 Å². The van der Waals surface area contributed by atoms with Gasteiger partial charge in [0.15, 0.2) is 0 Å². The van der Waals surface area contributed by atoms with Crippen LogP contribution in [-0.2, 0) is 11.2 Å². The topological polar surface area (TPSA) is 84.9 Å². The normalized spacial score (nSPS) is 11.6. The highest BCUT2D eigenvalue weighted by Gasteiger charge is 2.24. The van der Waals surface area contributed by atoms with Gasteiger partial charge in [-0.25, -0.2) is 9.18 Å². The van der Waals surface area contributed by atoms with Crippen molar-refractivity contribution < 1.29 is 28.6 Å². The third kappa shape index (κ3) is 6.14. The summed E-state index contributed by atoms with van der Waals surface area (Å²) in [6.07, 6.45) is 0.00996. The van der Waals surface area contributed by atoms with Crippen LogP contribution < -0.4 is 14.8 Å². The standard InChI is InChI=1S/C28H24FNO5/c29-21-13-10-19(11-14-21)18-25(28(32)33)30-27(31)24-15-12-20-6-4-5-9-23(20)26(24)35-17-16-34-22-7-2-1-3-8-22/h1-15,25H,16-18H2,(H,30,31)(H,32,33). The number of fused-ring (bicyclic) bond motifs is 1. The fourth-order valence-electron chi connectivity index (χ4n) is 3.69. The molecule has 0 aromatic heterocycles. The van der Waals surface area contributed by atoms with Crippen molar-refractivity contribution in [2.75, 3.05) is 13.2 Å².